The molecule has 0 aliphatic carbocycles. The van der Waals surface area contributed by atoms with Crippen LogP contribution in [0.1, 0.15) is 32.7 Å². The summed E-state index contributed by atoms with van der Waals surface area (Å²) in [5.74, 6) is -0.327. The molecule has 0 saturated heterocycles. The lowest BCUT2D eigenvalue weighted by Gasteiger charge is -2.26. The highest BCUT2D eigenvalue weighted by Crippen LogP contribution is 2.30. The summed E-state index contributed by atoms with van der Waals surface area (Å²) in [7, 11) is 0. The smallest absolute Gasteiger partial charge is 0.315 e. The Morgan fingerprint density at radius 1 is 1.10 bits per heavy atom. The second-order valence-corrected chi connectivity index (χ2v) is 7.67. The van der Waals surface area contributed by atoms with Crippen LogP contribution in [0.4, 0.5) is 10.5 Å². The third-order valence-electron chi connectivity index (χ3n) is 5.29. The van der Waals surface area contributed by atoms with Gasteiger partial charge in [-0.05, 0) is 50.2 Å². The van der Waals surface area contributed by atoms with E-state index < -0.39 is 6.03 Å². The number of hydrogen-bond acceptors (Lipinski definition) is 4. The molecule has 1 aliphatic rings. The average Bonchev–Trinajstić information content (AvgIpc) is 3.12. The maximum absolute atomic E-state index is 13.4. The van der Waals surface area contributed by atoms with Crippen molar-refractivity contribution in [1.82, 2.24) is 14.7 Å². The Balaban J connectivity index is 1.79. The fraction of sp³-hybridized carbons (Fsp3) is 0.217. The maximum atomic E-state index is 13.4. The average molecular weight is 414 g/mol. The van der Waals surface area contributed by atoms with Gasteiger partial charge >= 0.3 is 6.03 Å². The molecular weight excluding hydrogens is 392 g/mol. The Labute approximate surface area is 179 Å². The monoisotopic (exact) mass is 414 g/mol. The van der Waals surface area contributed by atoms with Gasteiger partial charge in [0.25, 0.3) is 5.91 Å². The number of aryl methyl sites for hydroxylation is 2. The van der Waals surface area contributed by atoms with Gasteiger partial charge in [0.2, 0.25) is 0 Å². The number of anilines is 1. The topological polar surface area (TPSA) is 117 Å². The fourth-order valence-electron chi connectivity index (χ4n) is 3.88. The first kappa shape index (κ1) is 20.2. The van der Waals surface area contributed by atoms with Crippen LogP contribution in [0.3, 0.4) is 0 Å². The number of amides is 3. The number of aromatic nitrogens is 2. The van der Waals surface area contributed by atoms with E-state index in [-0.39, 0.29) is 12.5 Å². The number of fused-ring (bicyclic) bond motifs is 1. The van der Waals surface area contributed by atoms with Crippen molar-refractivity contribution >= 4 is 17.6 Å². The van der Waals surface area contributed by atoms with Gasteiger partial charge in [-0.1, -0.05) is 17.2 Å². The van der Waals surface area contributed by atoms with Crippen molar-refractivity contribution < 1.29 is 9.59 Å². The van der Waals surface area contributed by atoms with Crippen LogP contribution in [0.5, 0.6) is 0 Å². The summed E-state index contributed by atoms with van der Waals surface area (Å²) in [6.07, 6.45) is 0. The Bertz CT molecular complexity index is 1200. The number of nitrogens with zero attached hydrogens (tertiary/aromatic N) is 4. The van der Waals surface area contributed by atoms with Gasteiger partial charge in [0.15, 0.2) is 0 Å². The predicted octanol–water partition coefficient (Wildman–Crippen LogP) is 3.19. The van der Waals surface area contributed by atoms with Crippen molar-refractivity contribution in [1.29, 1.82) is 5.26 Å². The lowest BCUT2D eigenvalue weighted by molar-refractivity contribution is 0.102. The summed E-state index contributed by atoms with van der Waals surface area (Å²) in [4.78, 5) is 26.6. The van der Waals surface area contributed by atoms with Crippen LogP contribution in [0.25, 0.3) is 11.3 Å². The third kappa shape index (κ3) is 3.98. The zero-order chi connectivity index (χ0) is 22.1. The second-order valence-electron chi connectivity index (χ2n) is 7.67. The van der Waals surface area contributed by atoms with Crippen molar-refractivity contribution in [3.63, 3.8) is 0 Å². The van der Waals surface area contributed by atoms with E-state index in [9.17, 15) is 9.59 Å². The van der Waals surface area contributed by atoms with E-state index in [4.69, 9.17) is 16.1 Å². The molecule has 3 N–H and O–H groups in total. The van der Waals surface area contributed by atoms with Crippen LogP contribution >= 0.6 is 0 Å². The first-order valence-corrected chi connectivity index (χ1v) is 9.90. The molecule has 0 radical (unpaired) electrons. The number of nitriles is 1. The minimum absolute atomic E-state index is 0.212. The number of carbonyl (C=O) groups excluding carboxylic acids is 2. The lowest BCUT2D eigenvalue weighted by atomic mass is 10.0. The van der Waals surface area contributed by atoms with Crippen molar-refractivity contribution in [2.75, 3.05) is 11.9 Å². The molecule has 8 nitrogen and oxygen atoms in total. The van der Waals surface area contributed by atoms with Gasteiger partial charge in [-0.3, -0.25) is 9.48 Å². The van der Waals surface area contributed by atoms with Crippen molar-refractivity contribution in [3.8, 4) is 17.3 Å². The molecule has 2 heterocycles. The molecule has 3 aromatic rings. The Hall–Kier alpha value is -4.12. The standard InChI is InChI=1S/C23H22N6O2/c1-14-9-15(2)11-17(10-14)21-20(19-13-28(23(25)31)7-8-29(19)27-21)22(30)26-18-5-3-16(12-24)4-6-18/h3-6,9-11H,7-8,13H2,1-2H3,(H2,25,31)(H,26,30). The first-order chi connectivity index (χ1) is 14.9. The summed E-state index contributed by atoms with van der Waals surface area (Å²) in [5, 5.41) is 16.6. The number of nitrogens with two attached hydrogens (primary N) is 1. The van der Waals surface area contributed by atoms with Gasteiger partial charge in [0.05, 0.1) is 36.0 Å². The fourth-order valence-corrected chi connectivity index (χ4v) is 3.88. The quantitative estimate of drug-likeness (QED) is 0.684. The number of nitrogens with one attached hydrogen (secondary N) is 1. The highest BCUT2D eigenvalue weighted by Gasteiger charge is 2.30. The summed E-state index contributed by atoms with van der Waals surface area (Å²) in [6.45, 7) is 5.10. The van der Waals surface area contributed by atoms with Gasteiger partial charge < -0.3 is 16.0 Å². The third-order valence-corrected chi connectivity index (χ3v) is 5.29. The number of hydrogen-bond donors (Lipinski definition) is 2. The van der Waals surface area contributed by atoms with Crippen molar-refractivity contribution in [2.45, 2.75) is 26.9 Å². The van der Waals surface area contributed by atoms with Crippen LogP contribution in [0.15, 0.2) is 42.5 Å². The SMILES string of the molecule is Cc1cc(C)cc(-c2nn3c(c2C(=O)Nc2ccc(C#N)cc2)CN(C(N)=O)CC3)c1. The molecule has 1 aromatic heterocycles. The van der Waals surface area contributed by atoms with E-state index in [0.717, 1.165) is 16.7 Å². The molecule has 0 fully saturated rings. The van der Waals surface area contributed by atoms with Crippen LogP contribution in [-0.2, 0) is 13.1 Å². The van der Waals surface area contributed by atoms with Gasteiger partial charge in [-0.2, -0.15) is 10.4 Å². The van der Waals surface area contributed by atoms with Crippen LogP contribution in [0.2, 0.25) is 0 Å². The van der Waals surface area contributed by atoms with Gasteiger partial charge in [0, 0.05) is 17.8 Å². The number of carbonyl (C=O) groups is 2. The first-order valence-electron chi connectivity index (χ1n) is 9.90. The Morgan fingerprint density at radius 3 is 2.39 bits per heavy atom. The van der Waals surface area contributed by atoms with E-state index >= 15 is 0 Å². The van der Waals surface area contributed by atoms with Crippen molar-refractivity contribution in [3.05, 3.63) is 70.4 Å². The van der Waals surface area contributed by atoms with E-state index in [1.165, 1.54) is 4.90 Å². The largest absolute Gasteiger partial charge is 0.351 e. The van der Waals surface area contributed by atoms with E-state index in [2.05, 4.69) is 17.5 Å². The summed E-state index contributed by atoms with van der Waals surface area (Å²) in [5.41, 5.74) is 11.2. The normalized spacial score (nSPS) is 12.7. The van der Waals surface area contributed by atoms with Gasteiger partial charge in [0.1, 0.15) is 5.69 Å². The molecule has 8 heteroatoms. The molecule has 0 saturated carbocycles. The lowest BCUT2D eigenvalue weighted by Crippen LogP contribution is -2.42. The van der Waals surface area contributed by atoms with Gasteiger partial charge in [-0.25, -0.2) is 4.79 Å². The molecule has 0 unspecified atom stereocenters. The molecule has 3 amide bonds. The van der Waals surface area contributed by atoms with E-state index in [1.807, 2.05) is 26.0 Å². The summed E-state index contributed by atoms with van der Waals surface area (Å²) < 4.78 is 1.78. The minimum atomic E-state index is -0.529. The number of primary amides is 1. The number of benzene rings is 2. The molecule has 2 aromatic carbocycles. The van der Waals surface area contributed by atoms with Crippen LogP contribution in [-0.4, -0.2) is 33.2 Å². The summed E-state index contributed by atoms with van der Waals surface area (Å²) >= 11 is 0. The molecule has 0 atom stereocenters. The molecule has 1 aliphatic heterocycles. The predicted molar refractivity (Wildman–Crippen MR) is 116 cm³/mol. The highest BCUT2D eigenvalue weighted by molar-refractivity contribution is 6.09. The number of urea groups is 1. The van der Waals surface area contributed by atoms with Crippen LogP contribution in [0, 0.1) is 25.2 Å². The zero-order valence-electron chi connectivity index (χ0n) is 17.3. The number of rotatable bonds is 3. The Morgan fingerprint density at radius 2 is 1.77 bits per heavy atom. The molecule has 0 bridgehead atoms. The minimum Gasteiger partial charge on any atom is -0.351 e. The second kappa shape index (κ2) is 7.95. The van der Waals surface area contributed by atoms with E-state index in [0.29, 0.717) is 41.3 Å². The zero-order valence-corrected chi connectivity index (χ0v) is 17.3. The maximum Gasteiger partial charge on any atom is 0.315 e. The Kier molecular flexibility index (Phi) is 5.17. The molecule has 0 spiro atoms. The molecule has 156 valence electrons. The molecular formula is C23H22N6O2. The molecule has 31 heavy (non-hydrogen) atoms. The van der Waals surface area contributed by atoms with Crippen LogP contribution < -0.4 is 11.1 Å². The summed E-state index contributed by atoms with van der Waals surface area (Å²) in [6, 6.07) is 14.2. The molecule has 4 rings (SSSR count). The van der Waals surface area contributed by atoms with E-state index in [1.54, 1.807) is 28.9 Å². The van der Waals surface area contributed by atoms with Gasteiger partial charge in [-0.15, -0.1) is 0 Å². The van der Waals surface area contributed by atoms with Crippen molar-refractivity contribution in [2.24, 2.45) is 5.73 Å². The highest BCUT2D eigenvalue weighted by atomic mass is 16.2.